The zero-order valence-electron chi connectivity index (χ0n) is 18.0. The summed E-state index contributed by atoms with van der Waals surface area (Å²) in [6.45, 7) is 7.83. The lowest BCUT2D eigenvalue weighted by Crippen LogP contribution is -2.51. The summed E-state index contributed by atoms with van der Waals surface area (Å²) < 4.78 is 13.2. The summed E-state index contributed by atoms with van der Waals surface area (Å²) >= 11 is 0. The molecular weight excluding hydrogens is 397 g/mol. The van der Waals surface area contributed by atoms with Gasteiger partial charge in [0.25, 0.3) is 5.91 Å². The lowest BCUT2D eigenvalue weighted by atomic mass is 9.97. The molecule has 0 bridgehead atoms. The Balaban J connectivity index is 1.67. The Morgan fingerprint density at radius 3 is 2.03 bits per heavy atom. The molecule has 7 heteroatoms. The van der Waals surface area contributed by atoms with Gasteiger partial charge in [-0.15, -0.1) is 0 Å². The number of benzene rings is 2. The number of piperazine rings is 1. The van der Waals surface area contributed by atoms with Gasteiger partial charge >= 0.3 is 0 Å². The van der Waals surface area contributed by atoms with Gasteiger partial charge in [0.1, 0.15) is 5.82 Å². The first-order valence-corrected chi connectivity index (χ1v) is 10.6. The molecule has 1 aliphatic heterocycles. The summed E-state index contributed by atoms with van der Waals surface area (Å²) in [5.41, 5.74) is 0.976. The third kappa shape index (κ3) is 5.35. The van der Waals surface area contributed by atoms with Gasteiger partial charge in [-0.05, 0) is 44.2 Å². The van der Waals surface area contributed by atoms with Crippen LogP contribution in [-0.2, 0) is 4.79 Å². The standard InChI is InChI=1S/C24H28FN3O3/c1-3-27(4-2)22(29)17-26-13-15-28(16-14-26)24(31)21-8-6-5-7-20(21)23(30)18-9-11-19(25)12-10-18/h5-12H,3-4,13-17H2,1-2H3. The predicted molar refractivity (Wildman–Crippen MR) is 117 cm³/mol. The van der Waals surface area contributed by atoms with E-state index in [1.165, 1.54) is 24.3 Å². The molecule has 31 heavy (non-hydrogen) atoms. The SMILES string of the molecule is CCN(CC)C(=O)CN1CCN(C(=O)c2ccccc2C(=O)c2ccc(F)cc2)CC1. The molecule has 164 valence electrons. The minimum Gasteiger partial charge on any atom is -0.342 e. The maximum Gasteiger partial charge on any atom is 0.254 e. The van der Waals surface area contributed by atoms with Crippen LogP contribution in [0, 0.1) is 5.82 Å². The second kappa shape index (κ2) is 10.3. The number of likely N-dealkylation sites (N-methyl/N-ethyl adjacent to an activating group) is 1. The highest BCUT2D eigenvalue weighted by molar-refractivity contribution is 6.15. The molecule has 0 aromatic heterocycles. The van der Waals surface area contributed by atoms with Crippen LogP contribution in [0.5, 0.6) is 0 Å². The van der Waals surface area contributed by atoms with Crippen LogP contribution in [0.15, 0.2) is 48.5 Å². The Hall–Kier alpha value is -3.06. The van der Waals surface area contributed by atoms with Crippen molar-refractivity contribution < 1.29 is 18.8 Å². The zero-order valence-corrected chi connectivity index (χ0v) is 18.0. The van der Waals surface area contributed by atoms with Gasteiger partial charge in [-0.25, -0.2) is 4.39 Å². The molecule has 1 heterocycles. The van der Waals surface area contributed by atoms with Crippen molar-refractivity contribution in [1.82, 2.24) is 14.7 Å². The van der Waals surface area contributed by atoms with Crippen LogP contribution in [0.1, 0.15) is 40.1 Å². The maximum absolute atomic E-state index is 13.2. The van der Waals surface area contributed by atoms with Crippen LogP contribution < -0.4 is 0 Å². The average Bonchev–Trinajstić information content (AvgIpc) is 2.80. The van der Waals surface area contributed by atoms with E-state index in [0.29, 0.717) is 62.5 Å². The highest BCUT2D eigenvalue weighted by Crippen LogP contribution is 2.18. The molecule has 0 unspecified atom stereocenters. The minimum absolute atomic E-state index is 0.0972. The molecule has 1 fully saturated rings. The molecule has 1 saturated heterocycles. The highest BCUT2D eigenvalue weighted by Gasteiger charge is 2.27. The van der Waals surface area contributed by atoms with E-state index < -0.39 is 5.82 Å². The molecule has 0 spiro atoms. The van der Waals surface area contributed by atoms with Gasteiger partial charge in [0.2, 0.25) is 5.91 Å². The van der Waals surface area contributed by atoms with Crippen LogP contribution in [0.2, 0.25) is 0 Å². The van der Waals surface area contributed by atoms with Crippen molar-refractivity contribution in [2.24, 2.45) is 0 Å². The van der Waals surface area contributed by atoms with Crippen LogP contribution in [-0.4, -0.2) is 78.1 Å². The molecule has 0 N–H and O–H groups in total. The van der Waals surface area contributed by atoms with E-state index in [4.69, 9.17) is 0 Å². The summed E-state index contributed by atoms with van der Waals surface area (Å²) in [6.07, 6.45) is 0. The van der Waals surface area contributed by atoms with Gasteiger partial charge < -0.3 is 9.80 Å². The van der Waals surface area contributed by atoms with Crippen LogP contribution in [0.25, 0.3) is 0 Å². The molecular formula is C24H28FN3O3. The maximum atomic E-state index is 13.2. The van der Waals surface area contributed by atoms with E-state index in [2.05, 4.69) is 4.90 Å². The summed E-state index contributed by atoms with van der Waals surface area (Å²) in [6, 6.07) is 12.0. The highest BCUT2D eigenvalue weighted by atomic mass is 19.1. The van der Waals surface area contributed by atoms with E-state index in [1.807, 2.05) is 13.8 Å². The summed E-state index contributed by atoms with van der Waals surface area (Å²) in [7, 11) is 0. The topological polar surface area (TPSA) is 60.9 Å². The number of halogens is 1. The number of rotatable bonds is 7. The molecule has 2 amide bonds. The van der Waals surface area contributed by atoms with Crippen LogP contribution in [0.3, 0.4) is 0 Å². The first-order chi connectivity index (χ1) is 14.9. The predicted octanol–water partition coefficient (Wildman–Crippen LogP) is 2.68. The monoisotopic (exact) mass is 425 g/mol. The van der Waals surface area contributed by atoms with Gasteiger partial charge in [-0.1, -0.05) is 18.2 Å². The number of hydrogen-bond donors (Lipinski definition) is 0. The summed E-state index contributed by atoms with van der Waals surface area (Å²) in [4.78, 5) is 44.0. The van der Waals surface area contributed by atoms with Crippen molar-refractivity contribution in [3.05, 3.63) is 71.0 Å². The number of nitrogens with zero attached hydrogens (tertiary/aromatic N) is 3. The smallest absolute Gasteiger partial charge is 0.254 e. The van der Waals surface area contributed by atoms with E-state index in [1.54, 1.807) is 34.1 Å². The lowest BCUT2D eigenvalue weighted by molar-refractivity contribution is -0.132. The van der Waals surface area contributed by atoms with Crippen molar-refractivity contribution in [1.29, 1.82) is 0 Å². The number of carbonyl (C=O) groups is 3. The van der Waals surface area contributed by atoms with Gasteiger partial charge in [0.15, 0.2) is 5.78 Å². The first kappa shape index (κ1) is 22.6. The summed E-state index contributed by atoms with van der Waals surface area (Å²) in [5, 5.41) is 0. The van der Waals surface area contributed by atoms with E-state index in [0.717, 1.165) is 0 Å². The fourth-order valence-electron chi connectivity index (χ4n) is 3.77. The van der Waals surface area contributed by atoms with Crippen molar-refractivity contribution in [3.8, 4) is 0 Å². The fraction of sp³-hybridized carbons (Fsp3) is 0.375. The molecule has 3 rings (SSSR count). The molecule has 2 aromatic carbocycles. The molecule has 6 nitrogen and oxygen atoms in total. The Bertz CT molecular complexity index is 933. The van der Waals surface area contributed by atoms with Gasteiger partial charge in [0, 0.05) is 50.4 Å². The van der Waals surface area contributed by atoms with E-state index in [9.17, 15) is 18.8 Å². The second-order valence-electron chi connectivity index (χ2n) is 7.52. The Labute approximate surface area is 182 Å². The average molecular weight is 426 g/mol. The molecule has 0 radical (unpaired) electrons. The van der Waals surface area contributed by atoms with Gasteiger partial charge in [-0.2, -0.15) is 0 Å². The Kier molecular flexibility index (Phi) is 7.52. The van der Waals surface area contributed by atoms with Crippen LogP contribution in [0.4, 0.5) is 4.39 Å². The molecule has 1 aliphatic rings. The minimum atomic E-state index is -0.418. The number of ketones is 1. The van der Waals surface area contributed by atoms with Crippen molar-refractivity contribution >= 4 is 17.6 Å². The van der Waals surface area contributed by atoms with Crippen molar-refractivity contribution in [2.75, 3.05) is 45.8 Å². The number of carbonyl (C=O) groups excluding carboxylic acids is 3. The van der Waals surface area contributed by atoms with E-state index >= 15 is 0 Å². The van der Waals surface area contributed by atoms with Gasteiger partial charge in [0.05, 0.1) is 12.1 Å². The fourth-order valence-corrected chi connectivity index (χ4v) is 3.77. The van der Waals surface area contributed by atoms with Gasteiger partial charge in [-0.3, -0.25) is 19.3 Å². The Morgan fingerprint density at radius 2 is 1.45 bits per heavy atom. The molecule has 2 aromatic rings. The Morgan fingerprint density at radius 1 is 0.871 bits per heavy atom. The largest absolute Gasteiger partial charge is 0.342 e. The first-order valence-electron chi connectivity index (χ1n) is 10.6. The number of hydrogen-bond acceptors (Lipinski definition) is 4. The quantitative estimate of drug-likeness (QED) is 0.640. The van der Waals surface area contributed by atoms with Crippen molar-refractivity contribution in [3.63, 3.8) is 0 Å². The molecule has 0 atom stereocenters. The van der Waals surface area contributed by atoms with Crippen LogP contribution >= 0.6 is 0 Å². The van der Waals surface area contributed by atoms with E-state index in [-0.39, 0.29) is 17.6 Å². The lowest BCUT2D eigenvalue weighted by Gasteiger charge is -2.35. The zero-order chi connectivity index (χ0) is 22.4. The molecule has 0 saturated carbocycles. The normalized spacial score (nSPS) is 14.4. The third-order valence-corrected chi connectivity index (χ3v) is 5.64. The summed E-state index contributed by atoms with van der Waals surface area (Å²) in [5.74, 6) is -0.841. The van der Waals surface area contributed by atoms with Crippen molar-refractivity contribution in [2.45, 2.75) is 13.8 Å². The molecule has 0 aliphatic carbocycles. The third-order valence-electron chi connectivity index (χ3n) is 5.64. The number of amides is 2. The second-order valence-corrected chi connectivity index (χ2v) is 7.52.